The fourth-order valence-electron chi connectivity index (χ4n) is 2.63. The van der Waals surface area contributed by atoms with E-state index < -0.39 is 0 Å². The number of benzene rings is 2. The van der Waals surface area contributed by atoms with Crippen LogP contribution in [0.15, 0.2) is 42.5 Å². The van der Waals surface area contributed by atoms with E-state index in [2.05, 4.69) is 41.8 Å². The van der Waals surface area contributed by atoms with Gasteiger partial charge in [-0.2, -0.15) is 0 Å². The summed E-state index contributed by atoms with van der Waals surface area (Å²) >= 11 is 0. The van der Waals surface area contributed by atoms with Crippen molar-refractivity contribution in [3.8, 4) is 0 Å². The van der Waals surface area contributed by atoms with Gasteiger partial charge in [-0.1, -0.05) is 47.5 Å². The number of rotatable bonds is 3. The zero-order valence-electron chi connectivity index (χ0n) is 11.7. The summed E-state index contributed by atoms with van der Waals surface area (Å²) in [5.41, 5.74) is 5.56. The highest BCUT2D eigenvalue weighted by atomic mass is 16.2. The molecule has 0 aliphatic carbocycles. The fourth-order valence-corrected chi connectivity index (χ4v) is 2.63. The standard InChI is InChI=1S/C17H18N2O/c1-11-4-3-5-13(8-11)10-18-16-14-9-12(2)6-7-15(14)19-17(16)20/h3-9,16,18H,10H2,1-2H3,(H,19,20). The zero-order valence-corrected chi connectivity index (χ0v) is 11.7. The number of fused-ring (bicyclic) bond motifs is 1. The summed E-state index contributed by atoms with van der Waals surface area (Å²) in [6, 6.07) is 14.1. The lowest BCUT2D eigenvalue weighted by atomic mass is 10.0. The molecule has 3 nitrogen and oxygen atoms in total. The van der Waals surface area contributed by atoms with E-state index in [9.17, 15) is 4.79 Å². The second kappa shape index (κ2) is 5.10. The van der Waals surface area contributed by atoms with Gasteiger partial charge in [-0.25, -0.2) is 0 Å². The average Bonchev–Trinajstić information content (AvgIpc) is 2.72. The second-order valence-electron chi connectivity index (χ2n) is 5.38. The van der Waals surface area contributed by atoms with Crippen molar-refractivity contribution < 1.29 is 4.79 Å². The number of carbonyl (C=O) groups is 1. The molecule has 3 rings (SSSR count). The highest BCUT2D eigenvalue weighted by Crippen LogP contribution is 2.31. The molecular formula is C17H18N2O. The van der Waals surface area contributed by atoms with Crippen LogP contribution in [0, 0.1) is 13.8 Å². The fraction of sp³-hybridized carbons (Fsp3) is 0.235. The number of carbonyl (C=O) groups excluding carboxylic acids is 1. The van der Waals surface area contributed by atoms with Gasteiger partial charge in [-0.3, -0.25) is 10.1 Å². The molecule has 20 heavy (non-hydrogen) atoms. The van der Waals surface area contributed by atoms with E-state index in [0.717, 1.165) is 11.3 Å². The largest absolute Gasteiger partial charge is 0.324 e. The van der Waals surface area contributed by atoms with Gasteiger partial charge in [0.1, 0.15) is 6.04 Å². The maximum absolute atomic E-state index is 12.1. The van der Waals surface area contributed by atoms with Crippen molar-refractivity contribution in [3.05, 3.63) is 64.7 Å². The number of nitrogens with one attached hydrogen (secondary N) is 2. The predicted molar refractivity (Wildman–Crippen MR) is 80.6 cm³/mol. The molecule has 0 radical (unpaired) electrons. The monoisotopic (exact) mass is 266 g/mol. The third-order valence-corrected chi connectivity index (χ3v) is 3.63. The molecule has 0 fully saturated rings. The van der Waals surface area contributed by atoms with Crippen molar-refractivity contribution >= 4 is 11.6 Å². The lowest BCUT2D eigenvalue weighted by Gasteiger charge is -2.12. The van der Waals surface area contributed by atoms with E-state index in [0.29, 0.717) is 6.54 Å². The molecule has 1 amide bonds. The van der Waals surface area contributed by atoms with Gasteiger partial charge < -0.3 is 5.32 Å². The molecule has 0 aromatic heterocycles. The summed E-state index contributed by atoms with van der Waals surface area (Å²) in [5, 5.41) is 6.27. The number of hydrogen-bond acceptors (Lipinski definition) is 2. The molecule has 2 N–H and O–H groups in total. The predicted octanol–water partition coefficient (Wildman–Crippen LogP) is 3.09. The normalized spacial score (nSPS) is 16.9. The molecule has 1 unspecified atom stereocenters. The number of aryl methyl sites for hydroxylation is 2. The van der Waals surface area contributed by atoms with Gasteiger partial charge in [-0.15, -0.1) is 0 Å². The average molecular weight is 266 g/mol. The van der Waals surface area contributed by atoms with E-state index >= 15 is 0 Å². The number of hydrogen-bond donors (Lipinski definition) is 2. The van der Waals surface area contributed by atoms with Gasteiger partial charge in [-0.05, 0) is 25.5 Å². The van der Waals surface area contributed by atoms with Gasteiger partial charge in [0.05, 0.1) is 0 Å². The Balaban J connectivity index is 1.78. The van der Waals surface area contributed by atoms with Crippen LogP contribution >= 0.6 is 0 Å². The quantitative estimate of drug-likeness (QED) is 0.896. The molecule has 0 saturated carbocycles. The van der Waals surface area contributed by atoms with Crippen LogP contribution in [0.3, 0.4) is 0 Å². The maximum atomic E-state index is 12.1. The van der Waals surface area contributed by atoms with Gasteiger partial charge in [0.25, 0.3) is 0 Å². The molecule has 1 heterocycles. The lowest BCUT2D eigenvalue weighted by molar-refractivity contribution is -0.117. The molecule has 0 saturated heterocycles. The number of amides is 1. The minimum atomic E-state index is -0.259. The van der Waals surface area contributed by atoms with E-state index in [1.807, 2.05) is 25.1 Å². The first kappa shape index (κ1) is 12.9. The Labute approximate surface area is 119 Å². The summed E-state index contributed by atoms with van der Waals surface area (Å²) in [4.78, 5) is 12.1. The minimum absolute atomic E-state index is 0.0262. The van der Waals surface area contributed by atoms with Crippen molar-refractivity contribution in [3.63, 3.8) is 0 Å². The molecule has 0 spiro atoms. The maximum Gasteiger partial charge on any atom is 0.246 e. The summed E-state index contributed by atoms with van der Waals surface area (Å²) in [5.74, 6) is 0.0262. The summed E-state index contributed by atoms with van der Waals surface area (Å²) in [6.07, 6.45) is 0. The first-order chi connectivity index (χ1) is 9.63. The van der Waals surface area contributed by atoms with Crippen LogP contribution in [0.2, 0.25) is 0 Å². The summed E-state index contributed by atoms with van der Waals surface area (Å²) in [6.45, 7) is 4.80. The molecule has 0 bridgehead atoms. The Hall–Kier alpha value is -2.13. The number of anilines is 1. The molecule has 1 atom stereocenters. The van der Waals surface area contributed by atoms with Crippen LogP contribution in [0.4, 0.5) is 5.69 Å². The Morgan fingerprint density at radius 1 is 1.10 bits per heavy atom. The van der Waals surface area contributed by atoms with Crippen LogP contribution in [0.25, 0.3) is 0 Å². The van der Waals surface area contributed by atoms with Crippen LogP contribution in [-0.4, -0.2) is 5.91 Å². The third kappa shape index (κ3) is 2.45. The molecule has 2 aromatic rings. The second-order valence-corrected chi connectivity index (χ2v) is 5.38. The van der Waals surface area contributed by atoms with Crippen LogP contribution in [0.1, 0.15) is 28.3 Å². The molecular weight excluding hydrogens is 248 g/mol. The van der Waals surface area contributed by atoms with E-state index in [1.54, 1.807) is 0 Å². The van der Waals surface area contributed by atoms with Crippen molar-refractivity contribution in [2.45, 2.75) is 26.4 Å². The minimum Gasteiger partial charge on any atom is -0.324 e. The third-order valence-electron chi connectivity index (χ3n) is 3.63. The van der Waals surface area contributed by atoms with Gasteiger partial charge in [0.15, 0.2) is 0 Å². The Kier molecular flexibility index (Phi) is 3.28. The molecule has 102 valence electrons. The van der Waals surface area contributed by atoms with Crippen molar-refractivity contribution in [1.29, 1.82) is 0 Å². The lowest BCUT2D eigenvalue weighted by Crippen LogP contribution is -2.27. The summed E-state index contributed by atoms with van der Waals surface area (Å²) < 4.78 is 0. The van der Waals surface area contributed by atoms with Crippen LogP contribution in [-0.2, 0) is 11.3 Å². The van der Waals surface area contributed by atoms with Gasteiger partial charge >= 0.3 is 0 Å². The molecule has 2 aromatic carbocycles. The van der Waals surface area contributed by atoms with Crippen molar-refractivity contribution in [2.24, 2.45) is 0 Å². The first-order valence-corrected chi connectivity index (χ1v) is 6.84. The van der Waals surface area contributed by atoms with Crippen LogP contribution < -0.4 is 10.6 Å². The molecule has 1 aliphatic rings. The molecule has 3 heteroatoms. The topological polar surface area (TPSA) is 41.1 Å². The van der Waals surface area contributed by atoms with E-state index in [-0.39, 0.29) is 11.9 Å². The highest BCUT2D eigenvalue weighted by molar-refractivity contribution is 6.02. The SMILES string of the molecule is Cc1cccc(CNC2C(=O)Nc3ccc(C)cc32)c1. The summed E-state index contributed by atoms with van der Waals surface area (Å²) in [7, 11) is 0. The molecule has 1 aliphatic heterocycles. The smallest absolute Gasteiger partial charge is 0.246 e. The zero-order chi connectivity index (χ0) is 14.1. The van der Waals surface area contributed by atoms with Crippen molar-refractivity contribution in [2.75, 3.05) is 5.32 Å². The highest BCUT2D eigenvalue weighted by Gasteiger charge is 2.29. The van der Waals surface area contributed by atoms with E-state index in [1.165, 1.54) is 16.7 Å². The van der Waals surface area contributed by atoms with Crippen LogP contribution in [0.5, 0.6) is 0 Å². The van der Waals surface area contributed by atoms with E-state index in [4.69, 9.17) is 0 Å². The Bertz CT molecular complexity index is 664. The first-order valence-electron chi connectivity index (χ1n) is 6.84. The Morgan fingerprint density at radius 3 is 2.70 bits per heavy atom. The van der Waals surface area contributed by atoms with Gasteiger partial charge in [0, 0.05) is 17.8 Å². The Morgan fingerprint density at radius 2 is 1.90 bits per heavy atom. The van der Waals surface area contributed by atoms with Gasteiger partial charge in [0.2, 0.25) is 5.91 Å². The van der Waals surface area contributed by atoms with Crippen molar-refractivity contribution in [1.82, 2.24) is 5.32 Å².